The molecule has 6 rings (SSSR count). The number of nitrogens with zero attached hydrogens (tertiary/aromatic N) is 3. The summed E-state index contributed by atoms with van der Waals surface area (Å²) in [6, 6.07) is 13.0. The monoisotopic (exact) mass is 529 g/mol. The average Bonchev–Trinajstić information content (AvgIpc) is 3.78. The maximum absolute atomic E-state index is 14.5. The molecule has 194 valence electrons. The number of piperazine rings is 1. The van der Waals surface area contributed by atoms with E-state index >= 15 is 0 Å². The summed E-state index contributed by atoms with van der Waals surface area (Å²) in [5.74, 6) is -0.212. The number of hydrogen-bond acceptors (Lipinski definition) is 6. The number of rotatable bonds is 7. The number of carbonyl (C=O) groups excluding carboxylic acids is 1. The summed E-state index contributed by atoms with van der Waals surface area (Å²) in [6.45, 7) is 6.48. The molecule has 38 heavy (non-hydrogen) atoms. The Bertz CT molecular complexity index is 1490. The topological polar surface area (TPSA) is 70.2 Å². The number of ketones is 1. The van der Waals surface area contributed by atoms with Crippen molar-refractivity contribution in [3.63, 3.8) is 0 Å². The van der Waals surface area contributed by atoms with E-state index in [0.717, 1.165) is 73.4 Å². The van der Waals surface area contributed by atoms with Crippen LogP contribution < -0.4 is 10.6 Å². The minimum absolute atomic E-state index is 0.0440. The number of anilines is 2. The molecule has 0 unspecified atom stereocenters. The largest absolute Gasteiger partial charge is 0.353 e. The van der Waals surface area contributed by atoms with Crippen molar-refractivity contribution >= 4 is 39.7 Å². The number of nitrogens with one attached hydrogen (secondary N) is 2. The lowest BCUT2D eigenvalue weighted by Gasteiger charge is -2.26. The first-order valence-corrected chi connectivity index (χ1v) is 13.4. The van der Waals surface area contributed by atoms with Gasteiger partial charge in [0.1, 0.15) is 5.82 Å². The predicted octanol–water partition coefficient (Wildman–Crippen LogP) is 6.14. The molecule has 1 aliphatic heterocycles. The van der Waals surface area contributed by atoms with Gasteiger partial charge in [-0.2, -0.15) is 0 Å². The lowest BCUT2D eigenvalue weighted by Crippen LogP contribution is -2.43. The Hall–Kier alpha value is -3.39. The van der Waals surface area contributed by atoms with E-state index < -0.39 is 0 Å². The fourth-order valence-corrected chi connectivity index (χ4v) is 5.11. The number of fused-ring (bicyclic) bond motifs is 1. The Balaban J connectivity index is 1.37. The van der Waals surface area contributed by atoms with Crippen molar-refractivity contribution in [1.29, 1.82) is 0 Å². The Morgan fingerprint density at radius 1 is 1.08 bits per heavy atom. The van der Waals surface area contributed by atoms with Crippen LogP contribution in [0.2, 0.25) is 5.02 Å². The highest BCUT2D eigenvalue weighted by Crippen LogP contribution is 2.39. The number of Topliss-reactive ketones (excluding diaryl/α,β-unsaturated/α-hetero) is 1. The van der Waals surface area contributed by atoms with Crippen LogP contribution in [0.1, 0.15) is 34.5 Å². The standard InChI is InChI=1S/C30H29ClFN5O/c1-18-26(31)13-21(14-27(18)32)20-4-7-28-24(12-20)29(25(16-35-28)30(38)19-2-3-19)36-22-5-6-23(34-15-22)17-37-10-8-33-9-11-37/h4-7,12-16,19,33H,2-3,8-11,17H2,1H3,(H,35,36). The first kappa shape index (κ1) is 24.9. The van der Waals surface area contributed by atoms with Crippen molar-refractivity contribution in [2.45, 2.75) is 26.3 Å². The normalized spacial score (nSPS) is 16.1. The van der Waals surface area contributed by atoms with Gasteiger partial charge in [0.15, 0.2) is 5.78 Å². The zero-order valence-corrected chi connectivity index (χ0v) is 22.0. The van der Waals surface area contributed by atoms with Gasteiger partial charge < -0.3 is 10.6 Å². The predicted molar refractivity (Wildman–Crippen MR) is 150 cm³/mol. The summed E-state index contributed by atoms with van der Waals surface area (Å²) in [7, 11) is 0. The molecule has 1 aliphatic carbocycles. The van der Waals surface area contributed by atoms with E-state index in [0.29, 0.717) is 27.4 Å². The molecule has 0 atom stereocenters. The third-order valence-electron chi connectivity index (χ3n) is 7.39. The molecule has 8 heteroatoms. The Morgan fingerprint density at radius 3 is 2.61 bits per heavy atom. The van der Waals surface area contributed by atoms with E-state index in [-0.39, 0.29) is 17.5 Å². The van der Waals surface area contributed by atoms with Gasteiger partial charge in [-0.05, 0) is 67.3 Å². The number of halogens is 2. The molecule has 2 aliphatic rings. The average molecular weight is 530 g/mol. The van der Waals surface area contributed by atoms with Crippen LogP contribution >= 0.6 is 11.6 Å². The molecular formula is C30H29ClFN5O. The molecule has 4 aromatic rings. The van der Waals surface area contributed by atoms with Crippen molar-refractivity contribution in [2.24, 2.45) is 5.92 Å². The van der Waals surface area contributed by atoms with E-state index in [1.165, 1.54) is 6.07 Å². The van der Waals surface area contributed by atoms with E-state index in [2.05, 4.69) is 25.5 Å². The molecule has 6 nitrogen and oxygen atoms in total. The lowest BCUT2D eigenvalue weighted by atomic mass is 9.98. The van der Waals surface area contributed by atoms with Crippen LogP contribution in [0.15, 0.2) is 54.9 Å². The third kappa shape index (κ3) is 5.14. The Labute approximate surface area is 226 Å². The molecule has 2 aromatic carbocycles. The third-order valence-corrected chi connectivity index (χ3v) is 7.78. The van der Waals surface area contributed by atoms with Gasteiger partial charge in [0, 0.05) is 60.8 Å². The molecule has 0 bridgehead atoms. The van der Waals surface area contributed by atoms with Crippen molar-refractivity contribution in [3.05, 3.63) is 82.5 Å². The summed E-state index contributed by atoms with van der Waals surface area (Å²) in [6.07, 6.45) is 5.28. The van der Waals surface area contributed by atoms with Gasteiger partial charge in [0.05, 0.1) is 34.3 Å². The molecule has 2 aromatic heterocycles. The van der Waals surface area contributed by atoms with Crippen LogP contribution in [0.5, 0.6) is 0 Å². The van der Waals surface area contributed by atoms with Gasteiger partial charge in [-0.25, -0.2) is 4.39 Å². The molecule has 2 N–H and O–H groups in total. The zero-order valence-electron chi connectivity index (χ0n) is 21.2. The van der Waals surface area contributed by atoms with Gasteiger partial charge in [-0.15, -0.1) is 0 Å². The lowest BCUT2D eigenvalue weighted by molar-refractivity contribution is 0.0968. The second-order valence-corrected chi connectivity index (χ2v) is 10.6. The minimum Gasteiger partial charge on any atom is -0.353 e. The van der Waals surface area contributed by atoms with Crippen molar-refractivity contribution in [2.75, 3.05) is 31.5 Å². The number of benzene rings is 2. The summed E-state index contributed by atoms with van der Waals surface area (Å²) < 4.78 is 14.5. The second-order valence-electron chi connectivity index (χ2n) is 10.2. The van der Waals surface area contributed by atoms with Gasteiger partial charge >= 0.3 is 0 Å². The highest BCUT2D eigenvalue weighted by atomic mass is 35.5. The minimum atomic E-state index is -0.353. The Kier molecular flexibility index (Phi) is 6.82. The maximum Gasteiger partial charge on any atom is 0.169 e. The molecule has 3 heterocycles. The van der Waals surface area contributed by atoms with Gasteiger partial charge in [0.2, 0.25) is 0 Å². The van der Waals surface area contributed by atoms with E-state index in [9.17, 15) is 9.18 Å². The second kappa shape index (κ2) is 10.4. The van der Waals surface area contributed by atoms with Crippen LogP contribution in [0.3, 0.4) is 0 Å². The van der Waals surface area contributed by atoms with E-state index in [4.69, 9.17) is 11.6 Å². The Morgan fingerprint density at radius 2 is 1.89 bits per heavy atom. The highest BCUT2D eigenvalue weighted by molar-refractivity contribution is 6.31. The van der Waals surface area contributed by atoms with Crippen molar-refractivity contribution in [1.82, 2.24) is 20.2 Å². The SMILES string of the molecule is Cc1c(F)cc(-c2ccc3ncc(C(=O)C4CC4)c(Nc4ccc(CN5CCNCC5)nc4)c3c2)cc1Cl. The molecule has 0 amide bonds. The molecule has 2 fully saturated rings. The quantitative estimate of drug-likeness (QED) is 0.280. The van der Waals surface area contributed by atoms with Crippen molar-refractivity contribution in [3.8, 4) is 11.1 Å². The molecule has 0 spiro atoms. The highest BCUT2D eigenvalue weighted by Gasteiger charge is 2.32. The van der Waals surface area contributed by atoms with Crippen LogP contribution in [0.25, 0.3) is 22.0 Å². The van der Waals surface area contributed by atoms with Crippen LogP contribution in [0.4, 0.5) is 15.8 Å². The number of pyridine rings is 2. The maximum atomic E-state index is 14.5. The van der Waals surface area contributed by atoms with Crippen LogP contribution in [0, 0.1) is 18.7 Å². The van der Waals surface area contributed by atoms with Crippen LogP contribution in [-0.2, 0) is 6.54 Å². The molecular weight excluding hydrogens is 501 g/mol. The molecule has 1 saturated heterocycles. The summed E-state index contributed by atoms with van der Waals surface area (Å²) >= 11 is 6.29. The molecule has 1 saturated carbocycles. The smallest absolute Gasteiger partial charge is 0.169 e. The number of carbonyl (C=O) groups is 1. The first-order valence-electron chi connectivity index (χ1n) is 13.0. The molecule has 0 radical (unpaired) electrons. The zero-order chi connectivity index (χ0) is 26.2. The van der Waals surface area contributed by atoms with E-state index in [1.807, 2.05) is 36.5 Å². The summed E-state index contributed by atoms with van der Waals surface area (Å²) in [5, 5.41) is 8.01. The first-order chi connectivity index (χ1) is 18.5. The number of hydrogen-bond donors (Lipinski definition) is 2. The number of aromatic nitrogens is 2. The van der Waals surface area contributed by atoms with Crippen molar-refractivity contribution < 1.29 is 9.18 Å². The summed E-state index contributed by atoms with van der Waals surface area (Å²) in [5.41, 5.74) is 5.69. The van der Waals surface area contributed by atoms with Gasteiger partial charge in [-0.1, -0.05) is 17.7 Å². The fourth-order valence-electron chi connectivity index (χ4n) is 4.91. The summed E-state index contributed by atoms with van der Waals surface area (Å²) in [4.78, 5) is 24.9. The van der Waals surface area contributed by atoms with Gasteiger partial charge in [0.25, 0.3) is 0 Å². The van der Waals surface area contributed by atoms with Crippen LogP contribution in [-0.4, -0.2) is 46.8 Å². The van der Waals surface area contributed by atoms with Gasteiger partial charge in [-0.3, -0.25) is 19.7 Å². The van der Waals surface area contributed by atoms with E-state index in [1.54, 1.807) is 19.2 Å². The fraction of sp³-hybridized carbons (Fsp3) is 0.300.